The predicted molar refractivity (Wildman–Crippen MR) is 39.1 cm³/mol. The second kappa shape index (κ2) is 3.64. The minimum Gasteiger partial charge on any atom is -0.229 e. The molecule has 1 N–H and O–H groups in total. The van der Waals surface area contributed by atoms with Crippen molar-refractivity contribution in [1.82, 2.24) is 4.84 Å². The molecule has 0 spiro atoms. The van der Waals surface area contributed by atoms with E-state index in [0.717, 1.165) is 6.07 Å². The van der Waals surface area contributed by atoms with Crippen LogP contribution in [0.1, 0.15) is 5.56 Å². The topological polar surface area (TPSA) is 12.0 Å². The van der Waals surface area contributed by atoms with Gasteiger partial charge in [-0.3, -0.25) is 0 Å². The van der Waals surface area contributed by atoms with Gasteiger partial charge in [0.05, 0.1) is 0 Å². The lowest BCUT2D eigenvalue weighted by Gasteiger charge is -1.99. The van der Waals surface area contributed by atoms with Gasteiger partial charge in [-0.1, -0.05) is 6.07 Å². The molecule has 0 aliphatic carbocycles. The van der Waals surface area contributed by atoms with Crippen molar-refractivity contribution < 1.29 is 8.78 Å². The molecule has 0 saturated heterocycles. The Kier molecular flexibility index (Phi) is 2.79. The van der Waals surface area contributed by atoms with E-state index < -0.39 is 11.6 Å². The van der Waals surface area contributed by atoms with Gasteiger partial charge in [0.2, 0.25) is 0 Å². The second-order valence-electron chi connectivity index (χ2n) is 2.05. The van der Waals surface area contributed by atoms with Crippen molar-refractivity contribution in [2.75, 3.05) is 0 Å². The van der Waals surface area contributed by atoms with Crippen LogP contribution in [0.5, 0.6) is 0 Å². The van der Waals surface area contributed by atoms with Crippen LogP contribution in [0.2, 0.25) is 0 Å². The van der Waals surface area contributed by atoms with Crippen molar-refractivity contribution in [3.8, 4) is 0 Å². The average molecular weight is 178 g/mol. The number of nitrogens with one attached hydrogen (secondary N) is 1. The first kappa shape index (κ1) is 8.43. The molecule has 0 saturated carbocycles. The van der Waals surface area contributed by atoms with E-state index in [1.54, 1.807) is 0 Å². The van der Waals surface area contributed by atoms with Crippen molar-refractivity contribution in [2.24, 2.45) is 0 Å². The summed E-state index contributed by atoms with van der Waals surface area (Å²) in [6.07, 6.45) is 0. The van der Waals surface area contributed by atoms with Crippen LogP contribution >= 0.6 is 11.8 Å². The zero-order chi connectivity index (χ0) is 8.27. The van der Waals surface area contributed by atoms with Gasteiger partial charge < -0.3 is 0 Å². The van der Waals surface area contributed by atoms with Gasteiger partial charge >= 0.3 is 0 Å². The van der Waals surface area contributed by atoms with E-state index in [4.69, 9.17) is 11.8 Å². The molecule has 0 fully saturated rings. The molecule has 0 aromatic heterocycles. The summed E-state index contributed by atoms with van der Waals surface area (Å²) in [5, 5.41) is 0. The van der Waals surface area contributed by atoms with Crippen molar-refractivity contribution in [2.45, 2.75) is 6.54 Å². The largest absolute Gasteiger partial charge is 0.229 e. The van der Waals surface area contributed by atoms with Gasteiger partial charge in [0.15, 0.2) is 0 Å². The number of hydrogen-bond donors (Lipinski definition) is 1. The van der Waals surface area contributed by atoms with Gasteiger partial charge in [-0.05, 0) is 17.8 Å². The maximum absolute atomic E-state index is 12.7. The molecule has 0 unspecified atom stereocenters. The third kappa shape index (κ3) is 2.13. The third-order valence-corrected chi connectivity index (χ3v) is 1.41. The zero-order valence-electron chi connectivity index (χ0n) is 5.57. The summed E-state index contributed by atoms with van der Waals surface area (Å²) < 4.78 is 25.0. The summed E-state index contributed by atoms with van der Waals surface area (Å²) in [5.41, 5.74) is 0.349. The van der Waals surface area contributed by atoms with Crippen molar-refractivity contribution in [3.63, 3.8) is 0 Å². The fourth-order valence-corrected chi connectivity index (χ4v) is 0.881. The molecular formula is C7H6ClF2N. The maximum Gasteiger partial charge on any atom is 0.130 e. The third-order valence-electron chi connectivity index (χ3n) is 1.27. The minimum absolute atomic E-state index is 0.188. The molecule has 0 amide bonds. The lowest BCUT2D eigenvalue weighted by molar-refractivity contribution is 0.571. The summed E-state index contributed by atoms with van der Waals surface area (Å²) in [6.45, 7) is 0.188. The highest BCUT2D eigenvalue weighted by Gasteiger charge is 2.01. The van der Waals surface area contributed by atoms with Crippen molar-refractivity contribution >= 4 is 11.8 Å². The van der Waals surface area contributed by atoms with E-state index >= 15 is 0 Å². The average Bonchev–Trinajstić information content (AvgIpc) is 1.95. The first-order chi connectivity index (χ1) is 5.24. The monoisotopic (exact) mass is 177 g/mol. The van der Waals surface area contributed by atoms with E-state index in [-0.39, 0.29) is 6.54 Å². The van der Waals surface area contributed by atoms with Gasteiger partial charge in [0, 0.05) is 18.2 Å². The quantitative estimate of drug-likeness (QED) is 0.683. The standard InChI is InChI=1S/C7H6ClF2N/c8-11-4-5-1-2-6(9)3-7(5)10/h1-3,11H,4H2. The maximum atomic E-state index is 12.7. The Morgan fingerprint density at radius 2 is 2.09 bits per heavy atom. The molecule has 0 aliphatic rings. The molecule has 0 bridgehead atoms. The van der Waals surface area contributed by atoms with Gasteiger partial charge in [-0.15, -0.1) is 0 Å². The highest BCUT2D eigenvalue weighted by atomic mass is 35.5. The summed E-state index contributed by atoms with van der Waals surface area (Å²) in [7, 11) is 0. The molecule has 0 atom stereocenters. The van der Waals surface area contributed by atoms with E-state index in [9.17, 15) is 8.78 Å². The van der Waals surface area contributed by atoms with Gasteiger partial charge in [0.25, 0.3) is 0 Å². The molecule has 0 aliphatic heterocycles. The van der Waals surface area contributed by atoms with E-state index in [1.165, 1.54) is 12.1 Å². The summed E-state index contributed by atoms with van der Waals surface area (Å²) in [5.74, 6) is -1.17. The van der Waals surface area contributed by atoms with Crippen LogP contribution < -0.4 is 4.84 Å². The number of benzene rings is 1. The Morgan fingerprint density at radius 3 is 2.64 bits per heavy atom. The zero-order valence-corrected chi connectivity index (χ0v) is 6.33. The normalized spacial score (nSPS) is 10.1. The molecule has 1 aromatic carbocycles. The molecule has 60 valence electrons. The summed E-state index contributed by atoms with van der Waals surface area (Å²) in [4.78, 5) is 2.25. The van der Waals surface area contributed by atoms with Crippen molar-refractivity contribution in [1.29, 1.82) is 0 Å². The predicted octanol–water partition coefficient (Wildman–Crippen LogP) is 2.21. The van der Waals surface area contributed by atoms with Crippen LogP contribution in [0.3, 0.4) is 0 Å². The van der Waals surface area contributed by atoms with Crippen LogP contribution in [0.15, 0.2) is 18.2 Å². The smallest absolute Gasteiger partial charge is 0.130 e. The SMILES string of the molecule is Fc1ccc(CNCl)c(F)c1. The van der Waals surface area contributed by atoms with Crippen LogP contribution in [0, 0.1) is 11.6 Å². The molecule has 1 rings (SSSR count). The Hall–Kier alpha value is -0.670. The first-order valence-corrected chi connectivity index (χ1v) is 3.39. The highest BCUT2D eigenvalue weighted by molar-refractivity contribution is 6.13. The van der Waals surface area contributed by atoms with E-state index in [0.29, 0.717) is 5.56 Å². The number of rotatable bonds is 2. The Labute approximate surface area is 68.1 Å². The van der Waals surface area contributed by atoms with Crippen LogP contribution in [-0.4, -0.2) is 0 Å². The number of hydrogen-bond acceptors (Lipinski definition) is 1. The number of halogens is 3. The summed E-state index contributed by atoms with van der Waals surface area (Å²) >= 11 is 5.14. The lowest BCUT2D eigenvalue weighted by atomic mass is 10.2. The molecule has 1 nitrogen and oxygen atoms in total. The Bertz CT molecular complexity index is 252. The van der Waals surface area contributed by atoms with Crippen LogP contribution in [0.25, 0.3) is 0 Å². The van der Waals surface area contributed by atoms with Crippen molar-refractivity contribution in [3.05, 3.63) is 35.4 Å². The minimum atomic E-state index is -0.585. The Balaban J connectivity index is 2.90. The van der Waals surface area contributed by atoms with Gasteiger partial charge in [-0.2, -0.15) is 0 Å². The summed E-state index contributed by atoms with van der Waals surface area (Å²) in [6, 6.07) is 3.36. The molecular weight excluding hydrogens is 172 g/mol. The van der Waals surface area contributed by atoms with E-state index in [2.05, 4.69) is 4.84 Å². The fraction of sp³-hybridized carbons (Fsp3) is 0.143. The van der Waals surface area contributed by atoms with Gasteiger partial charge in [0.1, 0.15) is 11.6 Å². The molecule has 0 radical (unpaired) electrons. The fourth-order valence-electron chi connectivity index (χ4n) is 0.737. The molecule has 0 heterocycles. The second-order valence-corrected chi connectivity index (χ2v) is 2.31. The molecule has 11 heavy (non-hydrogen) atoms. The lowest BCUT2D eigenvalue weighted by Crippen LogP contribution is -2.01. The Morgan fingerprint density at radius 1 is 1.36 bits per heavy atom. The first-order valence-electron chi connectivity index (χ1n) is 3.01. The van der Waals surface area contributed by atoms with E-state index in [1.807, 2.05) is 0 Å². The van der Waals surface area contributed by atoms with Crippen LogP contribution in [-0.2, 0) is 6.54 Å². The highest BCUT2D eigenvalue weighted by Crippen LogP contribution is 2.08. The molecule has 1 aromatic rings. The van der Waals surface area contributed by atoms with Gasteiger partial charge in [-0.25, -0.2) is 13.6 Å². The van der Waals surface area contributed by atoms with Crippen LogP contribution in [0.4, 0.5) is 8.78 Å². The molecule has 4 heteroatoms.